The first kappa shape index (κ1) is 11.5. The maximum absolute atomic E-state index is 10.4. The number of rotatable bonds is 2. The molecule has 1 aromatic rings. The van der Waals surface area contributed by atoms with Crippen LogP contribution in [0.3, 0.4) is 0 Å². The second kappa shape index (κ2) is 5.37. The molecule has 0 aliphatic carbocycles. The van der Waals surface area contributed by atoms with Crippen LogP contribution < -0.4 is 5.11 Å². The highest BCUT2D eigenvalue weighted by atomic mass is 16.4. The van der Waals surface area contributed by atoms with Gasteiger partial charge in [0.05, 0.1) is 11.5 Å². The molecule has 0 fully saturated rings. The number of hydrogen-bond acceptors (Lipinski definition) is 3. The molecule has 1 rings (SSSR count). The fourth-order valence-electron chi connectivity index (χ4n) is 0.921. The normalized spacial score (nSPS) is 10.1. The Labute approximate surface area is 91.8 Å². The van der Waals surface area contributed by atoms with Gasteiger partial charge >= 0.3 is 5.97 Å². The van der Waals surface area contributed by atoms with E-state index in [-0.39, 0.29) is 0 Å². The van der Waals surface area contributed by atoms with Crippen LogP contribution in [-0.4, -0.2) is 17.0 Å². The van der Waals surface area contributed by atoms with Gasteiger partial charge in [-0.3, -0.25) is 0 Å². The van der Waals surface area contributed by atoms with E-state index in [4.69, 9.17) is 5.11 Å². The van der Waals surface area contributed by atoms with Crippen LogP contribution >= 0.6 is 0 Å². The van der Waals surface area contributed by atoms with E-state index in [1.165, 1.54) is 0 Å². The van der Waals surface area contributed by atoms with E-state index in [1.807, 2.05) is 6.07 Å². The first-order chi connectivity index (χ1) is 7.61. The van der Waals surface area contributed by atoms with Gasteiger partial charge in [0.25, 0.3) is 0 Å². The molecular weight excluding hydrogens is 208 g/mol. The van der Waals surface area contributed by atoms with Gasteiger partial charge < -0.3 is 15.0 Å². The maximum atomic E-state index is 10.4. The number of carboxylic acids is 2. The van der Waals surface area contributed by atoms with Crippen LogP contribution in [0.4, 0.5) is 0 Å². The Kier molecular flexibility index (Phi) is 3.87. The van der Waals surface area contributed by atoms with Crippen molar-refractivity contribution in [3.63, 3.8) is 0 Å². The summed E-state index contributed by atoms with van der Waals surface area (Å²) in [5.41, 5.74) is -0.190. The summed E-state index contributed by atoms with van der Waals surface area (Å²) in [5, 5.41) is 18.8. The van der Waals surface area contributed by atoms with E-state index in [1.54, 1.807) is 24.3 Å². The second-order valence-corrected chi connectivity index (χ2v) is 2.79. The molecule has 0 atom stereocenters. The molecule has 0 aliphatic rings. The number of benzene rings is 1. The van der Waals surface area contributed by atoms with Gasteiger partial charge in [0.1, 0.15) is 0 Å². The molecule has 0 spiro atoms. The molecule has 4 nitrogen and oxygen atoms in total. The minimum Gasteiger partial charge on any atom is -0.545 e. The lowest BCUT2D eigenvalue weighted by molar-refractivity contribution is -0.299. The van der Waals surface area contributed by atoms with Gasteiger partial charge in [0.15, 0.2) is 0 Å². The van der Waals surface area contributed by atoms with Crippen LogP contribution in [0.25, 0.3) is 0 Å². The van der Waals surface area contributed by atoms with Crippen LogP contribution in [0.1, 0.15) is 5.56 Å². The minimum atomic E-state index is -1.75. The van der Waals surface area contributed by atoms with E-state index in [2.05, 4.69) is 11.8 Å². The summed E-state index contributed by atoms with van der Waals surface area (Å²) in [5.74, 6) is 1.63. The van der Waals surface area contributed by atoms with E-state index in [0.717, 1.165) is 6.08 Å². The van der Waals surface area contributed by atoms with Crippen LogP contribution in [0.15, 0.2) is 42.0 Å². The predicted octanol–water partition coefficient (Wildman–Crippen LogP) is -0.201. The molecule has 0 heterocycles. The molecule has 0 bridgehead atoms. The largest absolute Gasteiger partial charge is 0.545 e. The summed E-state index contributed by atoms with van der Waals surface area (Å²) in [7, 11) is 0. The molecule has 0 radical (unpaired) electrons. The SMILES string of the molecule is O=C([O-])C(=CC#Cc1ccccc1)C(=O)O. The number of carbonyl (C=O) groups excluding carboxylic acids is 1. The van der Waals surface area contributed by atoms with Gasteiger partial charge in [-0.25, -0.2) is 4.79 Å². The standard InChI is InChI=1S/C12H8O4/c13-11(14)10(12(15)16)8-4-7-9-5-2-1-3-6-9/h1-3,5-6,8H,(H,13,14)(H,15,16)/p-1. The molecule has 80 valence electrons. The smallest absolute Gasteiger partial charge is 0.338 e. The maximum Gasteiger partial charge on any atom is 0.338 e. The Balaban J connectivity index is 2.91. The number of hydrogen-bond donors (Lipinski definition) is 1. The summed E-state index contributed by atoms with van der Waals surface area (Å²) >= 11 is 0. The molecule has 1 aromatic carbocycles. The first-order valence-electron chi connectivity index (χ1n) is 4.32. The third-order valence-corrected chi connectivity index (χ3v) is 1.66. The third kappa shape index (κ3) is 3.31. The van der Waals surface area contributed by atoms with Crippen molar-refractivity contribution in [2.24, 2.45) is 0 Å². The second-order valence-electron chi connectivity index (χ2n) is 2.79. The Morgan fingerprint density at radius 3 is 2.38 bits per heavy atom. The van der Waals surface area contributed by atoms with Gasteiger partial charge in [-0.05, 0) is 12.1 Å². The van der Waals surface area contributed by atoms with Crippen LogP contribution in [0.2, 0.25) is 0 Å². The summed E-state index contributed by atoms with van der Waals surface area (Å²) in [4.78, 5) is 20.8. The molecule has 0 aliphatic heterocycles. The zero-order chi connectivity index (χ0) is 12.0. The molecular formula is C12H7O4-. The Hall–Kier alpha value is -2.54. The fraction of sp³-hybridized carbons (Fsp3) is 0. The van der Waals surface area contributed by atoms with Crippen molar-refractivity contribution in [1.29, 1.82) is 0 Å². The van der Waals surface area contributed by atoms with E-state index < -0.39 is 17.5 Å². The number of carbonyl (C=O) groups is 2. The van der Waals surface area contributed by atoms with E-state index >= 15 is 0 Å². The van der Waals surface area contributed by atoms with Gasteiger partial charge in [0.2, 0.25) is 0 Å². The molecule has 0 aromatic heterocycles. The van der Waals surface area contributed by atoms with E-state index in [0.29, 0.717) is 5.56 Å². The van der Waals surface area contributed by atoms with Crippen molar-refractivity contribution in [3.05, 3.63) is 47.5 Å². The van der Waals surface area contributed by atoms with Crippen molar-refractivity contribution in [2.75, 3.05) is 0 Å². The topological polar surface area (TPSA) is 77.4 Å². The number of aliphatic carboxylic acids is 2. The Morgan fingerprint density at radius 1 is 1.25 bits per heavy atom. The molecule has 16 heavy (non-hydrogen) atoms. The summed E-state index contributed by atoms with van der Waals surface area (Å²) in [6.07, 6.45) is 0.810. The van der Waals surface area contributed by atoms with Crippen LogP contribution in [-0.2, 0) is 9.59 Å². The summed E-state index contributed by atoms with van der Waals surface area (Å²) in [6, 6.07) is 8.79. The fourth-order valence-corrected chi connectivity index (χ4v) is 0.921. The molecule has 0 saturated heterocycles. The van der Waals surface area contributed by atoms with Crippen molar-refractivity contribution in [2.45, 2.75) is 0 Å². The van der Waals surface area contributed by atoms with Gasteiger partial charge in [-0.15, -0.1) is 0 Å². The average Bonchev–Trinajstić information content (AvgIpc) is 2.24. The lowest BCUT2D eigenvalue weighted by Gasteiger charge is -1.98. The van der Waals surface area contributed by atoms with Crippen LogP contribution in [0.5, 0.6) is 0 Å². The quantitative estimate of drug-likeness (QED) is 0.321. The van der Waals surface area contributed by atoms with Gasteiger partial charge in [-0.2, -0.15) is 0 Å². The van der Waals surface area contributed by atoms with Crippen molar-refractivity contribution in [1.82, 2.24) is 0 Å². The third-order valence-electron chi connectivity index (χ3n) is 1.66. The van der Waals surface area contributed by atoms with Crippen molar-refractivity contribution in [3.8, 4) is 11.8 Å². The Morgan fingerprint density at radius 2 is 1.88 bits per heavy atom. The number of carboxylic acid groups (broad SMARTS) is 2. The first-order valence-corrected chi connectivity index (χ1v) is 4.32. The predicted molar refractivity (Wildman–Crippen MR) is 54.0 cm³/mol. The monoisotopic (exact) mass is 215 g/mol. The average molecular weight is 215 g/mol. The molecule has 0 unspecified atom stereocenters. The molecule has 1 N–H and O–H groups in total. The molecule has 0 saturated carbocycles. The summed E-state index contributed by atoms with van der Waals surface area (Å²) in [6.45, 7) is 0. The highest BCUT2D eigenvalue weighted by Gasteiger charge is 2.05. The van der Waals surface area contributed by atoms with Crippen molar-refractivity contribution < 1.29 is 19.8 Å². The number of allylic oxidation sites excluding steroid dienone is 1. The highest BCUT2D eigenvalue weighted by Crippen LogP contribution is 1.96. The van der Waals surface area contributed by atoms with Gasteiger partial charge in [-0.1, -0.05) is 30.0 Å². The Bertz CT molecular complexity index is 473. The lowest BCUT2D eigenvalue weighted by Crippen LogP contribution is -2.28. The van der Waals surface area contributed by atoms with Gasteiger partial charge in [0, 0.05) is 11.6 Å². The minimum absolute atomic E-state index is 0.668. The molecule has 4 heteroatoms. The van der Waals surface area contributed by atoms with Crippen LogP contribution in [0, 0.1) is 11.8 Å². The van der Waals surface area contributed by atoms with Crippen molar-refractivity contribution >= 4 is 11.9 Å². The highest BCUT2D eigenvalue weighted by molar-refractivity contribution is 6.11. The lowest BCUT2D eigenvalue weighted by atomic mass is 10.2. The summed E-state index contributed by atoms with van der Waals surface area (Å²) < 4.78 is 0. The van der Waals surface area contributed by atoms with E-state index in [9.17, 15) is 14.7 Å². The zero-order valence-corrected chi connectivity index (χ0v) is 8.14. The molecule has 0 amide bonds. The zero-order valence-electron chi connectivity index (χ0n) is 8.14.